The van der Waals surface area contributed by atoms with E-state index in [1.54, 1.807) is 12.4 Å². The van der Waals surface area contributed by atoms with Crippen molar-refractivity contribution in [1.29, 1.82) is 0 Å². The lowest BCUT2D eigenvalue weighted by molar-refractivity contribution is -0.0726. The summed E-state index contributed by atoms with van der Waals surface area (Å²) in [6.07, 6.45) is 12.6. The monoisotopic (exact) mass is 330 g/mol. The molecule has 3 aliphatic rings. The molecule has 3 fully saturated rings. The molecule has 1 aliphatic carbocycles. The minimum Gasteiger partial charge on any atom is -0.492 e. The molecule has 1 aromatic heterocycles. The van der Waals surface area contributed by atoms with Crippen molar-refractivity contribution in [3.63, 3.8) is 0 Å². The number of piperidine rings is 1. The first-order valence-electron chi connectivity index (χ1n) is 9.73. The van der Waals surface area contributed by atoms with Gasteiger partial charge in [0.25, 0.3) is 0 Å². The van der Waals surface area contributed by atoms with Gasteiger partial charge in [-0.1, -0.05) is 6.42 Å². The van der Waals surface area contributed by atoms with Gasteiger partial charge >= 0.3 is 0 Å². The molecule has 132 valence electrons. The van der Waals surface area contributed by atoms with E-state index in [-0.39, 0.29) is 5.60 Å². The summed E-state index contributed by atoms with van der Waals surface area (Å²) in [6.45, 7) is 5.46. The number of hydrogen-bond donors (Lipinski definition) is 0. The first kappa shape index (κ1) is 16.3. The van der Waals surface area contributed by atoms with Crippen LogP contribution in [0.5, 0.6) is 5.75 Å². The normalized spacial score (nSPS) is 27.2. The molecule has 4 rings (SSSR count). The lowest BCUT2D eigenvalue weighted by Crippen LogP contribution is -2.49. The molecule has 2 saturated heterocycles. The summed E-state index contributed by atoms with van der Waals surface area (Å²) in [7, 11) is 0. The molecule has 1 saturated carbocycles. The standard InChI is InChI=1S/C20H30N2O2/c1-3-17(4-1)16-22-11-8-20(9-12-22)18(7-14-24-20)6-13-23-19-5-2-10-21-15-19/h2,5,10,15,17-18H,1,3-4,6-9,11-14,16H2/t18-/m0/s1. The van der Waals surface area contributed by atoms with Crippen molar-refractivity contribution in [3.05, 3.63) is 24.5 Å². The van der Waals surface area contributed by atoms with Gasteiger partial charge in [0, 0.05) is 32.4 Å². The molecule has 0 amide bonds. The number of rotatable bonds is 6. The Labute approximate surface area is 145 Å². The number of pyridine rings is 1. The maximum absolute atomic E-state index is 6.30. The second kappa shape index (κ2) is 7.40. The zero-order valence-electron chi connectivity index (χ0n) is 14.7. The van der Waals surface area contributed by atoms with Crippen LogP contribution in [-0.2, 0) is 4.74 Å². The highest BCUT2D eigenvalue weighted by Gasteiger charge is 2.46. The predicted octanol–water partition coefficient (Wildman–Crippen LogP) is 3.52. The van der Waals surface area contributed by atoms with Crippen LogP contribution in [-0.4, -0.2) is 48.3 Å². The van der Waals surface area contributed by atoms with E-state index in [0.29, 0.717) is 5.92 Å². The molecule has 0 bridgehead atoms. The number of hydrogen-bond acceptors (Lipinski definition) is 4. The Morgan fingerprint density at radius 1 is 1.25 bits per heavy atom. The van der Waals surface area contributed by atoms with Crippen LogP contribution in [0.25, 0.3) is 0 Å². The summed E-state index contributed by atoms with van der Waals surface area (Å²) < 4.78 is 12.2. The van der Waals surface area contributed by atoms with Gasteiger partial charge in [-0.25, -0.2) is 0 Å². The fraction of sp³-hybridized carbons (Fsp3) is 0.750. The maximum Gasteiger partial charge on any atom is 0.137 e. The van der Waals surface area contributed by atoms with E-state index < -0.39 is 0 Å². The quantitative estimate of drug-likeness (QED) is 0.799. The highest BCUT2D eigenvalue weighted by Crippen LogP contribution is 2.42. The fourth-order valence-corrected chi connectivity index (χ4v) is 4.65. The van der Waals surface area contributed by atoms with Crippen LogP contribution in [0.2, 0.25) is 0 Å². The SMILES string of the molecule is c1cncc(OCC[C@H]2CCOC23CCN(CC2CCC2)CC3)c1. The molecule has 1 atom stereocenters. The number of likely N-dealkylation sites (tertiary alicyclic amines) is 1. The summed E-state index contributed by atoms with van der Waals surface area (Å²) in [5.41, 5.74) is 0.133. The Morgan fingerprint density at radius 3 is 2.83 bits per heavy atom. The van der Waals surface area contributed by atoms with Crippen molar-refractivity contribution < 1.29 is 9.47 Å². The van der Waals surface area contributed by atoms with Gasteiger partial charge in [-0.05, 0) is 62.5 Å². The van der Waals surface area contributed by atoms with Crippen LogP contribution < -0.4 is 4.74 Å². The van der Waals surface area contributed by atoms with Crippen molar-refractivity contribution in [2.45, 2.75) is 50.5 Å². The summed E-state index contributed by atoms with van der Waals surface area (Å²) in [5.74, 6) is 2.51. The molecule has 0 unspecified atom stereocenters. The van der Waals surface area contributed by atoms with Crippen LogP contribution in [0.15, 0.2) is 24.5 Å². The second-order valence-electron chi connectivity index (χ2n) is 7.82. The first-order chi connectivity index (χ1) is 11.8. The highest BCUT2D eigenvalue weighted by atomic mass is 16.5. The Hall–Kier alpha value is -1.13. The zero-order valence-corrected chi connectivity index (χ0v) is 14.7. The Morgan fingerprint density at radius 2 is 2.12 bits per heavy atom. The number of nitrogens with zero attached hydrogens (tertiary/aromatic N) is 2. The smallest absolute Gasteiger partial charge is 0.137 e. The van der Waals surface area contributed by atoms with Gasteiger partial charge in [0.15, 0.2) is 0 Å². The van der Waals surface area contributed by atoms with Gasteiger partial charge < -0.3 is 14.4 Å². The van der Waals surface area contributed by atoms with E-state index in [0.717, 1.165) is 31.3 Å². The van der Waals surface area contributed by atoms with E-state index in [9.17, 15) is 0 Å². The molecule has 4 nitrogen and oxygen atoms in total. The fourth-order valence-electron chi connectivity index (χ4n) is 4.65. The van der Waals surface area contributed by atoms with Crippen molar-refractivity contribution in [3.8, 4) is 5.75 Å². The lowest BCUT2D eigenvalue weighted by Gasteiger charge is -2.44. The largest absolute Gasteiger partial charge is 0.492 e. The van der Waals surface area contributed by atoms with Gasteiger partial charge in [0.2, 0.25) is 0 Å². The molecule has 3 heterocycles. The first-order valence-corrected chi connectivity index (χ1v) is 9.73. The van der Waals surface area contributed by atoms with E-state index in [1.807, 2.05) is 12.1 Å². The van der Waals surface area contributed by atoms with Crippen molar-refractivity contribution in [1.82, 2.24) is 9.88 Å². The van der Waals surface area contributed by atoms with Crippen molar-refractivity contribution >= 4 is 0 Å². The maximum atomic E-state index is 6.30. The molecule has 0 aromatic carbocycles. The third-order valence-corrected chi connectivity index (χ3v) is 6.41. The molecule has 1 spiro atoms. The number of aromatic nitrogens is 1. The highest BCUT2D eigenvalue weighted by molar-refractivity contribution is 5.15. The summed E-state index contributed by atoms with van der Waals surface area (Å²) in [5, 5.41) is 0. The molecular formula is C20H30N2O2. The molecule has 24 heavy (non-hydrogen) atoms. The van der Waals surface area contributed by atoms with E-state index in [1.165, 1.54) is 58.2 Å². The minimum atomic E-state index is 0.133. The molecular weight excluding hydrogens is 300 g/mol. The summed E-state index contributed by atoms with van der Waals surface area (Å²) in [6, 6.07) is 3.90. The Bertz CT molecular complexity index is 510. The van der Waals surface area contributed by atoms with Crippen molar-refractivity contribution in [2.24, 2.45) is 11.8 Å². The van der Waals surface area contributed by atoms with Gasteiger partial charge in [-0.2, -0.15) is 0 Å². The van der Waals surface area contributed by atoms with Crippen LogP contribution in [0.3, 0.4) is 0 Å². The molecule has 1 aromatic rings. The third-order valence-electron chi connectivity index (χ3n) is 6.41. The van der Waals surface area contributed by atoms with Gasteiger partial charge in [-0.15, -0.1) is 0 Å². The second-order valence-corrected chi connectivity index (χ2v) is 7.82. The Balaban J connectivity index is 1.25. The van der Waals surface area contributed by atoms with Crippen LogP contribution in [0.4, 0.5) is 0 Å². The predicted molar refractivity (Wildman–Crippen MR) is 94.2 cm³/mol. The zero-order chi connectivity index (χ0) is 16.2. The van der Waals surface area contributed by atoms with Gasteiger partial charge in [0.1, 0.15) is 5.75 Å². The Kier molecular flexibility index (Phi) is 5.04. The minimum absolute atomic E-state index is 0.133. The summed E-state index contributed by atoms with van der Waals surface area (Å²) in [4.78, 5) is 6.79. The van der Waals surface area contributed by atoms with Gasteiger partial charge in [-0.3, -0.25) is 4.98 Å². The van der Waals surface area contributed by atoms with E-state index in [2.05, 4.69) is 9.88 Å². The molecule has 0 radical (unpaired) electrons. The number of ether oxygens (including phenoxy) is 2. The average Bonchev–Trinajstić information content (AvgIpc) is 2.96. The van der Waals surface area contributed by atoms with Crippen LogP contribution >= 0.6 is 0 Å². The lowest BCUT2D eigenvalue weighted by atomic mass is 9.77. The van der Waals surface area contributed by atoms with Crippen LogP contribution in [0, 0.1) is 11.8 Å². The van der Waals surface area contributed by atoms with E-state index >= 15 is 0 Å². The molecule has 0 N–H and O–H groups in total. The third kappa shape index (κ3) is 3.60. The molecule has 2 aliphatic heterocycles. The topological polar surface area (TPSA) is 34.6 Å². The summed E-state index contributed by atoms with van der Waals surface area (Å²) >= 11 is 0. The van der Waals surface area contributed by atoms with Crippen LogP contribution in [0.1, 0.15) is 44.9 Å². The molecule has 4 heteroatoms. The van der Waals surface area contributed by atoms with Gasteiger partial charge in [0.05, 0.1) is 18.4 Å². The van der Waals surface area contributed by atoms with E-state index in [4.69, 9.17) is 9.47 Å². The average molecular weight is 330 g/mol. The van der Waals surface area contributed by atoms with Crippen molar-refractivity contribution in [2.75, 3.05) is 32.8 Å².